The van der Waals surface area contributed by atoms with Crippen LogP contribution in [0, 0.1) is 0 Å². The zero-order chi connectivity index (χ0) is 17.9. The predicted molar refractivity (Wildman–Crippen MR) is 96.5 cm³/mol. The van der Waals surface area contributed by atoms with Crippen LogP contribution in [0.15, 0.2) is 56.4 Å². The number of benzene rings is 1. The van der Waals surface area contributed by atoms with E-state index in [1.54, 1.807) is 30.3 Å². The standard InChI is InChI=1S/C15H12BrN3O4S2/c16-10-3-5-11(6-4-10)25(21,22)9-7-13-18-19-15(24-13)17-14(20)12-2-1-8-23-12/h1-6,8H,7,9H2,(H,17,19,20). The SMILES string of the molecule is O=C(Nc1nnc(CCS(=O)(=O)c2ccc(Br)cc2)s1)c1ccco1. The summed E-state index contributed by atoms with van der Waals surface area (Å²) < 4.78 is 30.4. The van der Waals surface area contributed by atoms with Crippen LogP contribution in [-0.4, -0.2) is 30.3 Å². The van der Waals surface area contributed by atoms with Gasteiger partial charge in [-0.05, 0) is 36.4 Å². The van der Waals surface area contributed by atoms with E-state index in [9.17, 15) is 13.2 Å². The Kier molecular flexibility index (Phi) is 5.30. The average molecular weight is 442 g/mol. The lowest BCUT2D eigenvalue weighted by molar-refractivity contribution is 0.0996. The lowest BCUT2D eigenvalue weighted by Crippen LogP contribution is -2.10. The van der Waals surface area contributed by atoms with E-state index in [-0.39, 0.29) is 28.0 Å². The minimum Gasteiger partial charge on any atom is -0.459 e. The van der Waals surface area contributed by atoms with Crippen LogP contribution in [0.2, 0.25) is 0 Å². The molecule has 0 unspecified atom stereocenters. The molecule has 2 aromatic heterocycles. The third-order valence-electron chi connectivity index (χ3n) is 3.19. The van der Waals surface area contributed by atoms with Gasteiger partial charge in [0.15, 0.2) is 15.6 Å². The smallest absolute Gasteiger partial charge is 0.293 e. The molecule has 130 valence electrons. The van der Waals surface area contributed by atoms with Crippen molar-refractivity contribution >= 4 is 48.1 Å². The number of furan rings is 1. The van der Waals surface area contributed by atoms with E-state index < -0.39 is 15.7 Å². The summed E-state index contributed by atoms with van der Waals surface area (Å²) in [6.45, 7) is 0. The van der Waals surface area contributed by atoms with Crippen molar-refractivity contribution in [2.75, 3.05) is 11.1 Å². The number of carbonyl (C=O) groups excluding carboxylic acids is 1. The maximum absolute atomic E-state index is 12.3. The fourth-order valence-corrected chi connectivity index (χ4v) is 4.33. The lowest BCUT2D eigenvalue weighted by Gasteiger charge is -2.03. The van der Waals surface area contributed by atoms with Crippen LogP contribution in [-0.2, 0) is 16.3 Å². The van der Waals surface area contributed by atoms with E-state index in [1.807, 2.05) is 0 Å². The minimum absolute atomic E-state index is 0.0879. The molecule has 0 atom stereocenters. The topological polar surface area (TPSA) is 102 Å². The van der Waals surface area contributed by atoms with Crippen molar-refractivity contribution in [2.45, 2.75) is 11.3 Å². The number of halogens is 1. The summed E-state index contributed by atoms with van der Waals surface area (Å²) in [6.07, 6.45) is 1.61. The molecule has 0 saturated heterocycles. The minimum atomic E-state index is -3.41. The van der Waals surface area contributed by atoms with E-state index in [2.05, 4.69) is 31.4 Å². The fraction of sp³-hybridized carbons (Fsp3) is 0.133. The predicted octanol–water partition coefficient (Wildman–Crippen LogP) is 3.16. The normalized spacial score (nSPS) is 11.4. The van der Waals surface area contributed by atoms with Crippen LogP contribution in [0.5, 0.6) is 0 Å². The zero-order valence-electron chi connectivity index (χ0n) is 12.7. The molecule has 0 saturated carbocycles. The molecule has 0 aliphatic rings. The number of rotatable bonds is 6. The summed E-state index contributed by atoms with van der Waals surface area (Å²) in [5.74, 6) is -0.361. The molecule has 0 aliphatic heterocycles. The molecule has 0 bridgehead atoms. The Hall–Kier alpha value is -2.04. The van der Waals surface area contributed by atoms with Gasteiger partial charge in [0.05, 0.1) is 16.9 Å². The van der Waals surface area contributed by atoms with Crippen LogP contribution < -0.4 is 5.32 Å². The summed E-state index contributed by atoms with van der Waals surface area (Å²) in [5, 5.41) is 11.1. The molecule has 1 aromatic carbocycles. The summed E-state index contributed by atoms with van der Waals surface area (Å²) >= 11 is 4.40. The van der Waals surface area contributed by atoms with Crippen molar-refractivity contribution in [1.82, 2.24) is 10.2 Å². The number of sulfone groups is 1. The second kappa shape index (κ2) is 7.46. The monoisotopic (exact) mass is 441 g/mol. The Morgan fingerprint density at radius 3 is 2.64 bits per heavy atom. The van der Waals surface area contributed by atoms with Crippen LogP contribution in [0.4, 0.5) is 5.13 Å². The Balaban J connectivity index is 1.61. The van der Waals surface area contributed by atoms with Crippen LogP contribution in [0.1, 0.15) is 15.6 Å². The van der Waals surface area contributed by atoms with Gasteiger partial charge in [-0.25, -0.2) is 8.42 Å². The Morgan fingerprint density at radius 1 is 1.20 bits per heavy atom. The number of hydrogen-bond donors (Lipinski definition) is 1. The van der Waals surface area contributed by atoms with E-state index in [0.29, 0.717) is 5.01 Å². The molecule has 7 nitrogen and oxygen atoms in total. The highest BCUT2D eigenvalue weighted by Gasteiger charge is 2.17. The molecule has 0 aliphatic carbocycles. The van der Waals surface area contributed by atoms with Crippen molar-refractivity contribution in [3.05, 3.63) is 57.9 Å². The van der Waals surface area contributed by atoms with E-state index in [1.165, 1.54) is 12.3 Å². The summed E-state index contributed by atoms with van der Waals surface area (Å²) in [4.78, 5) is 12.1. The number of nitrogens with one attached hydrogen (secondary N) is 1. The van der Waals surface area contributed by atoms with Crippen LogP contribution >= 0.6 is 27.3 Å². The number of aryl methyl sites for hydroxylation is 1. The number of hydrogen-bond acceptors (Lipinski definition) is 7. The van der Waals surface area contributed by atoms with E-state index in [4.69, 9.17) is 4.42 Å². The first-order valence-corrected chi connectivity index (χ1v) is 10.4. The van der Waals surface area contributed by atoms with Gasteiger partial charge in [0.2, 0.25) is 5.13 Å². The number of aromatic nitrogens is 2. The number of carbonyl (C=O) groups is 1. The fourth-order valence-electron chi connectivity index (χ4n) is 1.95. The van der Waals surface area contributed by atoms with Gasteiger partial charge < -0.3 is 4.42 Å². The van der Waals surface area contributed by atoms with Crippen LogP contribution in [0.25, 0.3) is 0 Å². The van der Waals surface area contributed by atoms with E-state index in [0.717, 1.165) is 15.8 Å². The highest BCUT2D eigenvalue weighted by molar-refractivity contribution is 9.10. The van der Waals surface area contributed by atoms with Gasteiger partial charge in [0.25, 0.3) is 5.91 Å². The lowest BCUT2D eigenvalue weighted by atomic mass is 10.4. The van der Waals surface area contributed by atoms with Gasteiger partial charge in [0, 0.05) is 10.9 Å². The average Bonchev–Trinajstić information content (AvgIpc) is 3.25. The third-order valence-corrected chi connectivity index (χ3v) is 6.35. The zero-order valence-corrected chi connectivity index (χ0v) is 15.9. The molecule has 10 heteroatoms. The molecule has 0 fully saturated rings. The molecule has 1 amide bonds. The Bertz CT molecular complexity index is 967. The van der Waals surface area contributed by atoms with Gasteiger partial charge in [0.1, 0.15) is 5.01 Å². The van der Waals surface area contributed by atoms with Crippen molar-refractivity contribution in [3.63, 3.8) is 0 Å². The molecule has 3 rings (SSSR count). The summed E-state index contributed by atoms with van der Waals surface area (Å²) in [6, 6.07) is 9.60. The quantitative estimate of drug-likeness (QED) is 0.629. The maximum Gasteiger partial charge on any atom is 0.293 e. The number of nitrogens with zero attached hydrogens (tertiary/aromatic N) is 2. The second-order valence-electron chi connectivity index (χ2n) is 4.96. The van der Waals surface area contributed by atoms with Crippen molar-refractivity contribution in [3.8, 4) is 0 Å². The molecule has 1 N–H and O–H groups in total. The van der Waals surface area contributed by atoms with Gasteiger partial charge in [-0.15, -0.1) is 10.2 Å². The van der Waals surface area contributed by atoms with Gasteiger partial charge in [-0.3, -0.25) is 10.1 Å². The van der Waals surface area contributed by atoms with Gasteiger partial charge in [-0.1, -0.05) is 27.3 Å². The largest absolute Gasteiger partial charge is 0.459 e. The molecular weight excluding hydrogens is 430 g/mol. The Morgan fingerprint density at radius 2 is 1.96 bits per heavy atom. The molecular formula is C15H12BrN3O4S2. The highest BCUT2D eigenvalue weighted by Crippen LogP contribution is 2.20. The van der Waals surface area contributed by atoms with Gasteiger partial charge in [-0.2, -0.15) is 0 Å². The van der Waals surface area contributed by atoms with Crippen molar-refractivity contribution < 1.29 is 17.6 Å². The first-order chi connectivity index (χ1) is 11.9. The first-order valence-electron chi connectivity index (χ1n) is 7.09. The summed E-state index contributed by atoms with van der Waals surface area (Å²) in [5.41, 5.74) is 0. The van der Waals surface area contributed by atoms with Crippen molar-refractivity contribution in [2.24, 2.45) is 0 Å². The first kappa shape index (κ1) is 17.8. The number of amides is 1. The molecule has 0 spiro atoms. The van der Waals surface area contributed by atoms with Gasteiger partial charge >= 0.3 is 0 Å². The molecule has 3 aromatic rings. The highest BCUT2D eigenvalue weighted by atomic mass is 79.9. The Labute approximate surface area is 156 Å². The maximum atomic E-state index is 12.3. The summed E-state index contributed by atoms with van der Waals surface area (Å²) in [7, 11) is -3.41. The van der Waals surface area contributed by atoms with E-state index >= 15 is 0 Å². The molecule has 25 heavy (non-hydrogen) atoms. The third kappa shape index (κ3) is 4.53. The van der Waals surface area contributed by atoms with Crippen LogP contribution in [0.3, 0.4) is 0 Å². The molecule has 2 heterocycles. The molecule has 0 radical (unpaired) electrons. The number of anilines is 1. The van der Waals surface area contributed by atoms with Crippen molar-refractivity contribution in [1.29, 1.82) is 0 Å². The second-order valence-corrected chi connectivity index (χ2v) is 9.04.